The van der Waals surface area contributed by atoms with Crippen LogP contribution in [0.25, 0.3) is 0 Å². The molecule has 10 heteroatoms. The van der Waals surface area contributed by atoms with E-state index in [1.54, 1.807) is 10.9 Å². The zero-order valence-electron chi connectivity index (χ0n) is 21.9. The van der Waals surface area contributed by atoms with Crippen LogP contribution in [-0.4, -0.2) is 38.7 Å². The van der Waals surface area contributed by atoms with Gasteiger partial charge < -0.3 is 16.0 Å². The summed E-state index contributed by atoms with van der Waals surface area (Å²) in [5, 5.41) is 14.6. The number of pyridine rings is 1. The second-order valence-electron chi connectivity index (χ2n) is 10.6. The van der Waals surface area contributed by atoms with Crippen molar-refractivity contribution in [3.8, 4) is 0 Å². The summed E-state index contributed by atoms with van der Waals surface area (Å²) in [4.78, 5) is 32.3. The monoisotopic (exact) mass is 554 g/mol. The lowest BCUT2D eigenvalue weighted by molar-refractivity contribution is -0.123. The summed E-state index contributed by atoms with van der Waals surface area (Å²) in [7, 11) is 1.89. The molecule has 0 radical (unpaired) electrons. The number of nitrogens with one attached hydrogen (secondary N) is 3. The van der Waals surface area contributed by atoms with Gasteiger partial charge in [-0.3, -0.25) is 19.3 Å². The second-order valence-corrected chi connectivity index (χ2v) is 12.2. The van der Waals surface area contributed by atoms with Gasteiger partial charge in [0.05, 0.1) is 33.5 Å². The zero-order chi connectivity index (χ0) is 26.6. The average Bonchev–Trinajstić information content (AvgIpc) is 3.27. The summed E-state index contributed by atoms with van der Waals surface area (Å²) in [6.07, 6.45) is 13.6. The normalized spacial score (nSPS) is 17.2. The molecule has 5 rings (SSSR count). The third-order valence-electron chi connectivity index (χ3n) is 7.36. The lowest BCUT2D eigenvalue weighted by Gasteiger charge is -2.21. The average molecular weight is 555 g/mol. The van der Waals surface area contributed by atoms with E-state index in [9.17, 15) is 9.59 Å². The van der Waals surface area contributed by atoms with E-state index in [0.29, 0.717) is 28.7 Å². The molecule has 3 aromatic rings. The van der Waals surface area contributed by atoms with E-state index in [2.05, 4.69) is 26.0 Å². The molecule has 0 aliphatic heterocycles. The summed E-state index contributed by atoms with van der Waals surface area (Å²) in [5.41, 5.74) is 2.76. The molecule has 3 heterocycles. The SMILES string of the molecule is Cc1ncc(Cl)cc1N[C@H](Cc1cnn(C)c1)c1ccc(C(=O)N[C@@H](CC2CCCC2)C(=O)NC2CC2)s1. The molecular formula is C28H35ClN6O2S. The fourth-order valence-electron chi connectivity index (χ4n) is 5.11. The fraction of sp³-hybridized carbons (Fsp3) is 0.500. The Kier molecular flexibility index (Phi) is 8.33. The van der Waals surface area contributed by atoms with E-state index in [1.807, 2.05) is 44.6 Å². The van der Waals surface area contributed by atoms with Gasteiger partial charge in [-0.15, -0.1) is 11.3 Å². The van der Waals surface area contributed by atoms with Crippen LogP contribution >= 0.6 is 22.9 Å². The molecule has 2 atom stereocenters. The number of carbonyl (C=O) groups excluding carboxylic acids is 2. The summed E-state index contributed by atoms with van der Waals surface area (Å²) in [6.45, 7) is 1.93. The molecule has 2 fully saturated rings. The molecule has 202 valence electrons. The molecule has 0 saturated heterocycles. The molecule has 2 aliphatic carbocycles. The van der Waals surface area contributed by atoms with Crippen molar-refractivity contribution < 1.29 is 9.59 Å². The maximum Gasteiger partial charge on any atom is 0.262 e. The number of hydrogen-bond acceptors (Lipinski definition) is 6. The third kappa shape index (κ3) is 6.94. The number of anilines is 1. The predicted octanol–water partition coefficient (Wildman–Crippen LogP) is 5.19. The number of thiophene rings is 1. The number of rotatable bonds is 11. The van der Waals surface area contributed by atoms with Crippen molar-refractivity contribution in [3.63, 3.8) is 0 Å². The van der Waals surface area contributed by atoms with Gasteiger partial charge in [0.2, 0.25) is 5.91 Å². The van der Waals surface area contributed by atoms with Crippen LogP contribution in [-0.2, 0) is 18.3 Å². The smallest absolute Gasteiger partial charge is 0.262 e. The quantitative estimate of drug-likeness (QED) is 0.303. The Morgan fingerprint density at radius 1 is 1.18 bits per heavy atom. The highest BCUT2D eigenvalue weighted by Crippen LogP contribution is 2.32. The molecule has 0 unspecified atom stereocenters. The van der Waals surface area contributed by atoms with Crippen molar-refractivity contribution in [2.45, 2.75) is 76.4 Å². The Balaban J connectivity index is 1.33. The number of aromatic nitrogens is 3. The molecule has 2 amide bonds. The van der Waals surface area contributed by atoms with E-state index < -0.39 is 6.04 Å². The topological polar surface area (TPSA) is 101 Å². The second kappa shape index (κ2) is 11.9. The predicted molar refractivity (Wildman–Crippen MR) is 151 cm³/mol. The van der Waals surface area contributed by atoms with Crippen molar-refractivity contribution in [1.82, 2.24) is 25.4 Å². The minimum absolute atomic E-state index is 0.0513. The molecule has 0 bridgehead atoms. The van der Waals surface area contributed by atoms with Gasteiger partial charge in [0.15, 0.2) is 0 Å². The number of carbonyl (C=O) groups is 2. The molecule has 0 spiro atoms. The fourth-order valence-corrected chi connectivity index (χ4v) is 6.23. The lowest BCUT2D eigenvalue weighted by Crippen LogP contribution is -2.48. The first-order chi connectivity index (χ1) is 18.3. The molecule has 2 saturated carbocycles. The van der Waals surface area contributed by atoms with Crippen molar-refractivity contribution in [1.29, 1.82) is 0 Å². The molecule has 8 nitrogen and oxygen atoms in total. The van der Waals surface area contributed by atoms with Gasteiger partial charge in [-0.05, 0) is 55.9 Å². The number of aryl methyl sites for hydroxylation is 2. The Morgan fingerprint density at radius 2 is 1.97 bits per heavy atom. The van der Waals surface area contributed by atoms with Crippen LogP contribution < -0.4 is 16.0 Å². The van der Waals surface area contributed by atoms with Crippen LogP contribution in [0.3, 0.4) is 0 Å². The van der Waals surface area contributed by atoms with Gasteiger partial charge in [-0.2, -0.15) is 5.10 Å². The molecule has 2 aliphatic rings. The number of halogens is 1. The van der Waals surface area contributed by atoms with E-state index in [0.717, 1.165) is 47.5 Å². The summed E-state index contributed by atoms with van der Waals surface area (Å²) < 4.78 is 1.78. The van der Waals surface area contributed by atoms with Gasteiger partial charge in [-0.25, -0.2) is 0 Å². The van der Waals surface area contributed by atoms with E-state index in [4.69, 9.17) is 11.6 Å². The molecule has 3 N–H and O–H groups in total. The Hall–Kier alpha value is -2.91. The highest BCUT2D eigenvalue weighted by molar-refractivity contribution is 7.14. The van der Waals surface area contributed by atoms with Crippen molar-refractivity contribution in [2.24, 2.45) is 13.0 Å². The first-order valence-corrected chi connectivity index (χ1v) is 14.6. The van der Waals surface area contributed by atoms with Gasteiger partial charge in [0.1, 0.15) is 6.04 Å². The van der Waals surface area contributed by atoms with E-state index in [-0.39, 0.29) is 23.9 Å². The minimum Gasteiger partial charge on any atom is -0.376 e. The third-order valence-corrected chi connectivity index (χ3v) is 8.77. The van der Waals surface area contributed by atoms with Crippen LogP contribution in [0.4, 0.5) is 5.69 Å². The van der Waals surface area contributed by atoms with Crippen molar-refractivity contribution >= 4 is 40.4 Å². The van der Waals surface area contributed by atoms with Gasteiger partial charge >= 0.3 is 0 Å². The number of amides is 2. The Labute approximate surface area is 232 Å². The van der Waals surface area contributed by atoms with Crippen LogP contribution in [0.15, 0.2) is 36.8 Å². The Morgan fingerprint density at radius 3 is 2.68 bits per heavy atom. The number of nitrogens with zero attached hydrogens (tertiary/aromatic N) is 3. The van der Waals surface area contributed by atoms with Gasteiger partial charge in [0.25, 0.3) is 5.91 Å². The van der Waals surface area contributed by atoms with E-state index in [1.165, 1.54) is 24.2 Å². The lowest BCUT2D eigenvalue weighted by atomic mass is 9.97. The van der Waals surface area contributed by atoms with Crippen molar-refractivity contribution in [2.75, 3.05) is 5.32 Å². The maximum atomic E-state index is 13.3. The first-order valence-electron chi connectivity index (χ1n) is 13.4. The van der Waals surface area contributed by atoms with Crippen LogP contribution in [0.2, 0.25) is 5.02 Å². The van der Waals surface area contributed by atoms with Crippen molar-refractivity contribution in [3.05, 3.63) is 62.8 Å². The number of hydrogen-bond donors (Lipinski definition) is 3. The minimum atomic E-state index is -0.499. The summed E-state index contributed by atoms with van der Waals surface area (Å²) in [6, 6.07) is 5.35. The highest BCUT2D eigenvalue weighted by Gasteiger charge is 2.31. The molecule has 38 heavy (non-hydrogen) atoms. The summed E-state index contributed by atoms with van der Waals surface area (Å²) >= 11 is 7.67. The van der Waals surface area contributed by atoms with Crippen LogP contribution in [0.1, 0.15) is 76.8 Å². The molecule has 3 aromatic heterocycles. The summed E-state index contributed by atoms with van der Waals surface area (Å²) in [5.74, 6) is 0.243. The Bertz CT molecular complexity index is 1280. The molecular weight excluding hydrogens is 520 g/mol. The van der Waals surface area contributed by atoms with Crippen LogP contribution in [0, 0.1) is 12.8 Å². The van der Waals surface area contributed by atoms with Gasteiger partial charge in [-0.1, -0.05) is 37.3 Å². The van der Waals surface area contributed by atoms with E-state index >= 15 is 0 Å². The van der Waals surface area contributed by atoms with Crippen LogP contribution in [0.5, 0.6) is 0 Å². The standard InChI is InChI=1S/C28H35ClN6O2S/c1-17-22(13-20(29)15-30-17)33-23(12-19-14-31-35(2)16-19)25-9-10-26(38-25)28(37)34-24(11-18-5-3-4-6-18)27(36)32-21-7-8-21/h9-10,13-16,18,21,23-24,33H,3-8,11-12H2,1-2H3,(H,32,36)(H,34,37)/t23-,24+/m1/s1. The first kappa shape index (κ1) is 26.7. The van der Waals surface area contributed by atoms with Gasteiger partial charge in [0, 0.05) is 36.8 Å². The zero-order valence-corrected chi connectivity index (χ0v) is 23.4. The molecule has 0 aromatic carbocycles. The highest BCUT2D eigenvalue weighted by atomic mass is 35.5. The largest absolute Gasteiger partial charge is 0.376 e. The maximum absolute atomic E-state index is 13.3.